The molecule has 2 aliphatic carbocycles. The fourth-order valence-electron chi connectivity index (χ4n) is 4.07. The van der Waals surface area contributed by atoms with Crippen LogP contribution in [0.5, 0.6) is 0 Å². The zero-order valence-corrected chi connectivity index (χ0v) is 15.9. The number of hydrogen-bond acceptors (Lipinski definition) is 5. The Balaban J connectivity index is 1.90. The number of allylic oxidation sites excluding steroid dienone is 2. The first-order valence-electron chi connectivity index (χ1n) is 9.23. The van der Waals surface area contributed by atoms with E-state index in [1.54, 1.807) is 13.8 Å². The first-order chi connectivity index (χ1) is 12.2. The molecule has 0 bridgehead atoms. The van der Waals surface area contributed by atoms with Crippen LogP contribution in [0.2, 0.25) is 0 Å². The summed E-state index contributed by atoms with van der Waals surface area (Å²) in [4.78, 5) is 34.8. The predicted molar refractivity (Wildman–Crippen MR) is 94.1 cm³/mol. The van der Waals surface area contributed by atoms with Crippen molar-refractivity contribution in [3.05, 3.63) is 11.6 Å². The minimum absolute atomic E-state index is 0.0137. The zero-order chi connectivity index (χ0) is 19.5. The Labute approximate surface area is 154 Å². The molecule has 4 atom stereocenters. The van der Waals surface area contributed by atoms with Gasteiger partial charge >= 0.3 is 18.0 Å². The largest absolute Gasteiger partial charge is 0.481 e. The first kappa shape index (κ1) is 20.3. The van der Waals surface area contributed by atoms with E-state index in [2.05, 4.69) is 18.3 Å². The molecule has 0 aliphatic heterocycles. The van der Waals surface area contributed by atoms with E-state index in [4.69, 9.17) is 9.47 Å². The van der Waals surface area contributed by atoms with Gasteiger partial charge in [0.1, 0.15) is 0 Å². The summed E-state index contributed by atoms with van der Waals surface area (Å²) in [6, 6.07) is 0. The second kappa shape index (κ2) is 8.10. The normalized spacial score (nSPS) is 27.8. The maximum absolute atomic E-state index is 12.0. The van der Waals surface area contributed by atoms with Crippen LogP contribution >= 0.6 is 0 Å². The molecule has 146 valence electrons. The number of hydrogen-bond donors (Lipinski definition) is 2. The topological polar surface area (TPSA) is 102 Å². The first-order valence-corrected chi connectivity index (χ1v) is 9.23. The summed E-state index contributed by atoms with van der Waals surface area (Å²) in [6.45, 7) is 7.19. The van der Waals surface area contributed by atoms with Crippen molar-refractivity contribution in [2.24, 2.45) is 23.2 Å². The summed E-state index contributed by atoms with van der Waals surface area (Å²) in [5.41, 5.74) is 0.897. The van der Waals surface area contributed by atoms with Crippen LogP contribution in [0.1, 0.15) is 53.4 Å². The van der Waals surface area contributed by atoms with Crippen LogP contribution in [0.15, 0.2) is 11.6 Å². The summed E-state index contributed by atoms with van der Waals surface area (Å²) in [7, 11) is 0. The third-order valence-corrected chi connectivity index (χ3v) is 5.39. The maximum atomic E-state index is 12.0. The third-order valence-electron chi connectivity index (χ3n) is 5.39. The Morgan fingerprint density at radius 1 is 1.31 bits per heavy atom. The maximum Gasteiger partial charge on any atom is 0.410 e. The Kier molecular flexibility index (Phi) is 6.31. The number of carboxylic acid groups (broad SMARTS) is 1. The Bertz CT molecular complexity index is 599. The zero-order valence-electron chi connectivity index (χ0n) is 15.9. The van der Waals surface area contributed by atoms with Gasteiger partial charge in [-0.2, -0.15) is 0 Å². The number of fused-ring (bicyclic) bond motifs is 1. The smallest absolute Gasteiger partial charge is 0.410 e. The summed E-state index contributed by atoms with van der Waals surface area (Å²) in [5.74, 6) is -0.955. The van der Waals surface area contributed by atoms with Gasteiger partial charge in [0.25, 0.3) is 0 Å². The van der Waals surface area contributed by atoms with Gasteiger partial charge in [-0.05, 0) is 31.1 Å². The number of carbonyl (C=O) groups excluding carboxylic acids is 2. The molecule has 0 unspecified atom stereocenters. The molecule has 0 spiro atoms. The van der Waals surface area contributed by atoms with Crippen LogP contribution in [0.4, 0.5) is 4.79 Å². The molecular formula is C19H29NO6. The van der Waals surface area contributed by atoms with Crippen LogP contribution in [-0.4, -0.2) is 36.0 Å². The molecule has 1 saturated carbocycles. The number of rotatable bonds is 8. The van der Waals surface area contributed by atoms with Crippen molar-refractivity contribution in [2.45, 2.75) is 59.7 Å². The van der Waals surface area contributed by atoms with E-state index in [-0.39, 0.29) is 24.8 Å². The van der Waals surface area contributed by atoms with Gasteiger partial charge in [0.2, 0.25) is 6.29 Å². The summed E-state index contributed by atoms with van der Waals surface area (Å²) in [5, 5.41) is 12.0. The van der Waals surface area contributed by atoms with Gasteiger partial charge in [-0.1, -0.05) is 32.4 Å². The van der Waals surface area contributed by atoms with Crippen molar-refractivity contribution in [1.82, 2.24) is 5.32 Å². The van der Waals surface area contributed by atoms with E-state index in [1.165, 1.54) is 12.5 Å². The van der Waals surface area contributed by atoms with Gasteiger partial charge in [0.15, 0.2) is 0 Å². The van der Waals surface area contributed by atoms with Crippen LogP contribution in [0.25, 0.3) is 0 Å². The lowest BCUT2D eigenvalue weighted by Gasteiger charge is -2.51. The molecule has 0 radical (unpaired) electrons. The van der Waals surface area contributed by atoms with E-state index in [1.807, 2.05) is 0 Å². The molecule has 2 aliphatic rings. The van der Waals surface area contributed by atoms with E-state index in [9.17, 15) is 19.5 Å². The van der Waals surface area contributed by atoms with Crippen LogP contribution in [0, 0.1) is 23.2 Å². The van der Waals surface area contributed by atoms with Gasteiger partial charge in [0.05, 0.1) is 12.3 Å². The number of esters is 1. The standard InChI is InChI=1S/C19H29NO6/c1-5-13-6-14-8-19(9-16(21)22,15(14)7-13)10-20-18(24)26-12(4)25-17(23)11(2)3/h7,11-12,14-15H,5-6,8-10H2,1-4H3,(H,20,24)(H,21,22)/t12-,14-,15+,19+/m1/s1. The average Bonchev–Trinajstić information content (AvgIpc) is 2.88. The molecule has 0 aromatic rings. The quantitative estimate of drug-likeness (QED) is 0.388. The number of alkyl carbamates (subject to hydrolysis) is 1. The SMILES string of the molecule is CCC1=C[C@H]2[C@H](C1)C[C@@]2(CNC(=O)O[C@H](C)OC(=O)C(C)C)CC(=O)O. The molecule has 26 heavy (non-hydrogen) atoms. The molecule has 0 aromatic carbocycles. The van der Waals surface area contributed by atoms with Crippen molar-refractivity contribution in [3.8, 4) is 0 Å². The second-order valence-electron chi connectivity index (χ2n) is 7.72. The van der Waals surface area contributed by atoms with Gasteiger partial charge in [0, 0.05) is 18.9 Å². The Morgan fingerprint density at radius 3 is 2.58 bits per heavy atom. The molecule has 1 amide bonds. The highest BCUT2D eigenvalue weighted by Gasteiger charge is 2.55. The molecule has 7 nitrogen and oxygen atoms in total. The average molecular weight is 367 g/mol. The molecule has 7 heteroatoms. The summed E-state index contributed by atoms with van der Waals surface area (Å²) < 4.78 is 10.0. The summed E-state index contributed by atoms with van der Waals surface area (Å²) >= 11 is 0. The molecule has 0 aromatic heterocycles. The highest BCUT2D eigenvalue weighted by Crippen LogP contribution is 2.59. The van der Waals surface area contributed by atoms with Crippen LogP contribution < -0.4 is 5.32 Å². The van der Waals surface area contributed by atoms with Crippen molar-refractivity contribution in [3.63, 3.8) is 0 Å². The highest BCUT2D eigenvalue weighted by molar-refractivity contribution is 5.72. The van der Waals surface area contributed by atoms with Crippen LogP contribution in [0.3, 0.4) is 0 Å². The number of aliphatic carboxylic acids is 1. The number of nitrogens with one attached hydrogen (secondary N) is 1. The highest BCUT2D eigenvalue weighted by atomic mass is 16.7. The number of carbonyl (C=O) groups is 3. The molecule has 0 saturated heterocycles. The van der Waals surface area contributed by atoms with E-state index >= 15 is 0 Å². The molecule has 1 fully saturated rings. The van der Waals surface area contributed by atoms with E-state index in [0.717, 1.165) is 19.3 Å². The second-order valence-corrected chi connectivity index (χ2v) is 7.72. The summed E-state index contributed by atoms with van der Waals surface area (Å²) in [6.07, 6.45) is 3.28. The minimum Gasteiger partial charge on any atom is -0.481 e. The van der Waals surface area contributed by atoms with Gasteiger partial charge in [-0.15, -0.1) is 0 Å². The predicted octanol–water partition coefficient (Wildman–Crippen LogP) is 3.10. The lowest BCUT2D eigenvalue weighted by Crippen LogP contribution is -2.53. The van der Waals surface area contributed by atoms with Crippen molar-refractivity contribution >= 4 is 18.0 Å². The van der Waals surface area contributed by atoms with Crippen molar-refractivity contribution in [2.75, 3.05) is 6.54 Å². The minimum atomic E-state index is -0.993. The fraction of sp³-hybridized carbons (Fsp3) is 0.737. The van der Waals surface area contributed by atoms with E-state index < -0.39 is 29.7 Å². The van der Waals surface area contributed by atoms with Gasteiger partial charge in [-0.3, -0.25) is 9.59 Å². The monoisotopic (exact) mass is 367 g/mol. The molecule has 2 rings (SSSR count). The lowest BCUT2D eigenvalue weighted by atomic mass is 9.53. The Hall–Kier alpha value is -2.05. The lowest BCUT2D eigenvalue weighted by molar-refractivity contribution is -0.169. The van der Waals surface area contributed by atoms with Crippen molar-refractivity contribution in [1.29, 1.82) is 0 Å². The molecular weight excluding hydrogens is 338 g/mol. The number of ether oxygens (including phenoxy) is 2. The van der Waals surface area contributed by atoms with Gasteiger partial charge in [-0.25, -0.2) is 4.79 Å². The molecule has 2 N–H and O–H groups in total. The van der Waals surface area contributed by atoms with E-state index in [0.29, 0.717) is 5.92 Å². The number of amides is 1. The van der Waals surface area contributed by atoms with Crippen LogP contribution in [-0.2, 0) is 19.1 Å². The molecule has 0 heterocycles. The Morgan fingerprint density at radius 2 is 2.00 bits per heavy atom. The van der Waals surface area contributed by atoms with Crippen molar-refractivity contribution < 1.29 is 29.0 Å². The number of carboxylic acids is 1. The van der Waals surface area contributed by atoms with Gasteiger partial charge < -0.3 is 19.9 Å². The third kappa shape index (κ3) is 4.56. The fourth-order valence-corrected chi connectivity index (χ4v) is 4.07.